The number of benzene rings is 1. The van der Waals surface area contributed by atoms with Crippen LogP contribution in [0.5, 0.6) is 0 Å². The lowest BCUT2D eigenvalue weighted by Gasteiger charge is -2.02. The number of amidine groups is 1. The van der Waals surface area contributed by atoms with Gasteiger partial charge < -0.3 is 4.52 Å². The van der Waals surface area contributed by atoms with Crippen LogP contribution in [-0.2, 0) is 0 Å². The van der Waals surface area contributed by atoms with Gasteiger partial charge in [0.2, 0.25) is 0 Å². The minimum absolute atomic E-state index is 0.270. The Morgan fingerprint density at radius 1 is 1.22 bits per heavy atom. The van der Waals surface area contributed by atoms with Crippen LogP contribution in [0.15, 0.2) is 39.8 Å². The Balaban J connectivity index is 2.56. The van der Waals surface area contributed by atoms with Crippen LogP contribution in [-0.4, -0.2) is 16.7 Å². The van der Waals surface area contributed by atoms with E-state index >= 15 is 0 Å². The van der Waals surface area contributed by atoms with Crippen LogP contribution in [0.25, 0.3) is 11.3 Å². The largest absolute Gasteiger partial charge is 0.355 e. The number of aromatic nitrogens is 1. The number of hydrogen-bond donors (Lipinski definition) is 1. The first-order valence-electron chi connectivity index (χ1n) is 5.72. The maximum atomic E-state index is 7.43. The third-order valence-electron chi connectivity index (χ3n) is 2.60. The Morgan fingerprint density at radius 2 is 1.89 bits per heavy atom. The number of aryl methyl sites for hydroxylation is 1. The molecule has 0 fully saturated rings. The van der Waals surface area contributed by atoms with Gasteiger partial charge in [0.05, 0.1) is 17.0 Å². The minimum Gasteiger partial charge on any atom is -0.355 e. The molecule has 0 saturated carbocycles. The molecule has 1 aromatic heterocycles. The summed E-state index contributed by atoms with van der Waals surface area (Å²) in [5.41, 5.74) is 3.37. The van der Waals surface area contributed by atoms with Crippen LogP contribution in [0.2, 0.25) is 0 Å². The summed E-state index contributed by atoms with van der Waals surface area (Å²) < 4.78 is 5.38. The molecule has 0 aliphatic heterocycles. The molecule has 1 heterocycles. The third-order valence-corrected chi connectivity index (χ3v) is 2.60. The molecule has 92 valence electrons. The third kappa shape index (κ3) is 2.37. The molecule has 1 N–H and O–H groups in total. The van der Waals surface area contributed by atoms with Crippen LogP contribution in [0.1, 0.15) is 25.1 Å². The molecule has 1 aromatic carbocycles. The summed E-state index contributed by atoms with van der Waals surface area (Å²) in [5, 5.41) is 11.4. The Kier molecular flexibility index (Phi) is 3.37. The van der Waals surface area contributed by atoms with E-state index in [2.05, 4.69) is 10.1 Å². The molecule has 4 nitrogen and oxygen atoms in total. The SMILES string of the molecule is CC(=N)N=C(C)c1c(C)noc1-c1ccccc1. The van der Waals surface area contributed by atoms with Crippen LogP contribution < -0.4 is 0 Å². The quantitative estimate of drug-likeness (QED) is 0.646. The molecule has 0 unspecified atom stereocenters. The maximum Gasteiger partial charge on any atom is 0.176 e. The standard InChI is InChI=1S/C14H15N3O/c1-9(16-11(3)15)13-10(2)17-18-14(13)12-7-5-4-6-8-12/h4-8,15H,1-3H3. The van der Waals surface area contributed by atoms with E-state index in [0.717, 1.165) is 22.5 Å². The van der Waals surface area contributed by atoms with Crippen molar-refractivity contribution in [2.24, 2.45) is 4.99 Å². The van der Waals surface area contributed by atoms with Gasteiger partial charge in [0.15, 0.2) is 5.76 Å². The zero-order valence-corrected chi connectivity index (χ0v) is 10.7. The van der Waals surface area contributed by atoms with Crippen molar-refractivity contribution in [1.82, 2.24) is 5.16 Å². The van der Waals surface area contributed by atoms with Gasteiger partial charge in [-0.15, -0.1) is 0 Å². The summed E-state index contributed by atoms with van der Waals surface area (Å²) in [7, 11) is 0. The zero-order valence-electron chi connectivity index (χ0n) is 10.7. The molecule has 2 aromatic rings. The average Bonchev–Trinajstić information content (AvgIpc) is 2.71. The molecule has 0 aliphatic carbocycles. The van der Waals surface area contributed by atoms with Crippen molar-refractivity contribution in [3.63, 3.8) is 0 Å². The van der Waals surface area contributed by atoms with Gasteiger partial charge in [0.1, 0.15) is 5.84 Å². The fourth-order valence-electron chi connectivity index (χ4n) is 1.89. The lowest BCUT2D eigenvalue weighted by molar-refractivity contribution is 0.427. The monoisotopic (exact) mass is 241 g/mol. The molecule has 0 saturated heterocycles. The van der Waals surface area contributed by atoms with E-state index in [4.69, 9.17) is 9.93 Å². The number of aliphatic imine (C=N–C) groups is 1. The van der Waals surface area contributed by atoms with Gasteiger partial charge in [0.25, 0.3) is 0 Å². The fraction of sp³-hybridized carbons (Fsp3) is 0.214. The second-order valence-corrected chi connectivity index (χ2v) is 4.12. The molecule has 18 heavy (non-hydrogen) atoms. The van der Waals surface area contributed by atoms with Gasteiger partial charge in [-0.1, -0.05) is 35.5 Å². The lowest BCUT2D eigenvalue weighted by Crippen LogP contribution is -2.00. The molecule has 0 atom stereocenters. The van der Waals surface area contributed by atoms with E-state index < -0.39 is 0 Å². The molecule has 2 rings (SSSR count). The van der Waals surface area contributed by atoms with Crippen molar-refractivity contribution in [2.45, 2.75) is 20.8 Å². The second-order valence-electron chi connectivity index (χ2n) is 4.12. The first-order chi connectivity index (χ1) is 8.59. The van der Waals surface area contributed by atoms with Gasteiger partial charge in [-0.3, -0.25) is 5.41 Å². The maximum absolute atomic E-state index is 7.43. The van der Waals surface area contributed by atoms with Crippen LogP contribution in [0.3, 0.4) is 0 Å². The number of nitrogens with one attached hydrogen (secondary N) is 1. The molecule has 4 heteroatoms. The molecular formula is C14H15N3O. The summed E-state index contributed by atoms with van der Waals surface area (Å²) >= 11 is 0. The van der Waals surface area contributed by atoms with Crippen molar-refractivity contribution < 1.29 is 4.52 Å². The topological polar surface area (TPSA) is 62.2 Å². The predicted octanol–water partition coefficient (Wildman–Crippen LogP) is 3.46. The average molecular weight is 241 g/mol. The second kappa shape index (κ2) is 4.96. The Hall–Kier alpha value is -2.23. The Bertz CT molecular complexity index is 597. The molecule has 0 aliphatic rings. The highest BCUT2D eigenvalue weighted by Crippen LogP contribution is 2.26. The summed E-state index contributed by atoms with van der Waals surface area (Å²) in [5.74, 6) is 0.975. The Morgan fingerprint density at radius 3 is 2.50 bits per heavy atom. The first kappa shape index (κ1) is 12.2. The van der Waals surface area contributed by atoms with Gasteiger partial charge in [-0.2, -0.15) is 0 Å². The highest BCUT2D eigenvalue weighted by atomic mass is 16.5. The predicted molar refractivity (Wildman–Crippen MR) is 72.3 cm³/mol. The van der Waals surface area contributed by atoms with E-state index in [1.165, 1.54) is 0 Å². The van der Waals surface area contributed by atoms with E-state index in [1.807, 2.05) is 44.2 Å². The number of nitrogens with zero attached hydrogens (tertiary/aromatic N) is 2. The van der Waals surface area contributed by atoms with E-state index in [0.29, 0.717) is 5.76 Å². The van der Waals surface area contributed by atoms with Crippen molar-refractivity contribution in [3.8, 4) is 11.3 Å². The normalized spacial score (nSPS) is 11.6. The fourth-order valence-corrected chi connectivity index (χ4v) is 1.89. The van der Waals surface area contributed by atoms with Gasteiger partial charge in [-0.05, 0) is 20.8 Å². The minimum atomic E-state index is 0.270. The van der Waals surface area contributed by atoms with Crippen LogP contribution in [0.4, 0.5) is 0 Å². The van der Waals surface area contributed by atoms with E-state index in [-0.39, 0.29) is 5.84 Å². The van der Waals surface area contributed by atoms with Crippen molar-refractivity contribution >= 4 is 11.5 Å². The summed E-state index contributed by atoms with van der Waals surface area (Å²) in [6.07, 6.45) is 0. The van der Waals surface area contributed by atoms with Crippen molar-refractivity contribution in [3.05, 3.63) is 41.6 Å². The van der Waals surface area contributed by atoms with E-state index in [1.54, 1.807) is 6.92 Å². The molecule has 0 bridgehead atoms. The summed E-state index contributed by atoms with van der Waals surface area (Å²) in [4.78, 5) is 4.17. The van der Waals surface area contributed by atoms with Crippen molar-refractivity contribution in [2.75, 3.05) is 0 Å². The zero-order chi connectivity index (χ0) is 13.1. The molecular weight excluding hydrogens is 226 g/mol. The molecule has 0 radical (unpaired) electrons. The van der Waals surface area contributed by atoms with Gasteiger partial charge in [-0.25, -0.2) is 4.99 Å². The van der Waals surface area contributed by atoms with E-state index in [9.17, 15) is 0 Å². The summed E-state index contributed by atoms with van der Waals surface area (Å²) in [6.45, 7) is 5.39. The number of rotatable bonds is 2. The number of hydrogen-bond acceptors (Lipinski definition) is 3. The van der Waals surface area contributed by atoms with Crippen LogP contribution >= 0.6 is 0 Å². The highest BCUT2D eigenvalue weighted by molar-refractivity contribution is 6.09. The van der Waals surface area contributed by atoms with Crippen LogP contribution in [0, 0.1) is 12.3 Å². The van der Waals surface area contributed by atoms with Crippen molar-refractivity contribution in [1.29, 1.82) is 5.41 Å². The Labute approximate surface area is 106 Å². The van der Waals surface area contributed by atoms with Gasteiger partial charge in [0, 0.05) is 5.56 Å². The molecule has 0 spiro atoms. The smallest absolute Gasteiger partial charge is 0.176 e. The first-order valence-corrected chi connectivity index (χ1v) is 5.72. The highest BCUT2D eigenvalue weighted by Gasteiger charge is 2.17. The van der Waals surface area contributed by atoms with Gasteiger partial charge >= 0.3 is 0 Å². The summed E-state index contributed by atoms with van der Waals surface area (Å²) in [6, 6.07) is 9.79. The lowest BCUT2D eigenvalue weighted by atomic mass is 10.0. The molecule has 0 amide bonds.